The number of amides is 1. The average Bonchev–Trinajstić information content (AvgIpc) is 3.36. The van der Waals surface area contributed by atoms with Crippen LogP contribution >= 0.6 is 0 Å². The first-order valence-electron chi connectivity index (χ1n) is 14.2. The van der Waals surface area contributed by atoms with E-state index in [9.17, 15) is 17.6 Å². The summed E-state index contributed by atoms with van der Waals surface area (Å²) in [6.45, 7) is 2.93. The van der Waals surface area contributed by atoms with E-state index in [2.05, 4.69) is 39.9 Å². The number of hydrogen-bond acceptors (Lipinski definition) is 5. The Balaban J connectivity index is 1.15. The molecule has 3 fully saturated rings. The van der Waals surface area contributed by atoms with E-state index in [0.717, 1.165) is 36.3 Å². The zero-order valence-electron chi connectivity index (χ0n) is 22.4. The van der Waals surface area contributed by atoms with Crippen LogP contribution in [-0.2, 0) is 14.6 Å². The Hall–Kier alpha value is -2.78. The number of piperidine rings is 1. The van der Waals surface area contributed by atoms with Gasteiger partial charge in [0.15, 0.2) is 0 Å². The van der Waals surface area contributed by atoms with Crippen LogP contribution in [0.4, 0.5) is 4.39 Å². The summed E-state index contributed by atoms with van der Waals surface area (Å²) in [5.41, 5.74) is 3.01. The molecule has 4 atom stereocenters. The minimum atomic E-state index is -3.04. The lowest BCUT2D eigenvalue weighted by molar-refractivity contribution is -0.126. The fourth-order valence-electron chi connectivity index (χ4n) is 7.21. The predicted molar refractivity (Wildman–Crippen MR) is 150 cm³/mol. The summed E-state index contributed by atoms with van der Waals surface area (Å²) < 4.78 is 40.3. The van der Waals surface area contributed by atoms with E-state index in [1.54, 1.807) is 6.07 Å². The summed E-state index contributed by atoms with van der Waals surface area (Å²) in [4.78, 5) is 20.6. The van der Waals surface area contributed by atoms with E-state index in [1.165, 1.54) is 30.5 Å². The van der Waals surface area contributed by atoms with Gasteiger partial charge in [0.1, 0.15) is 21.5 Å². The Morgan fingerprint density at radius 3 is 2.46 bits per heavy atom. The molecule has 2 aromatic carbocycles. The van der Waals surface area contributed by atoms with E-state index in [4.69, 9.17) is 4.98 Å². The Labute approximate surface area is 229 Å². The fraction of sp³-hybridized carbons (Fsp3) is 0.533. The molecular formula is C30H37FN4O3S. The lowest BCUT2D eigenvalue weighted by Gasteiger charge is -2.40. The van der Waals surface area contributed by atoms with Crippen molar-refractivity contribution in [3.05, 3.63) is 65.7 Å². The molecule has 1 unspecified atom stereocenters. The highest BCUT2D eigenvalue weighted by Crippen LogP contribution is 2.42. The van der Waals surface area contributed by atoms with Crippen molar-refractivity contribution < 1.29 is 17.6 Å². The molecule has 0 radical (unpaired) electrons. The number of carbonyl (C=O) groups is 1. The maximum Gasteiger partial charge on any atom is 0.223 e. The van der Waals surface area contributed by atoms with Crippen LogP contribution in [-0.4, -0.2) is 58.9 Å². The molecule has 1 N–H and O–H groups in total. The van der Waals surface area contributed by atoms with Crippen LogP contribution in [0, 0.1) is 18.7 Å². The van der Waals surface area contributed by atoms with Gasteiger partial charge >= 0.3 is 0 Å². The molecule has 4 heterocycles. The van der Waals surface area contributed by atoms with Crippen molar-refractivity contribution in [2.24, 2.45) is 5.92 Å². The van der Waals surface area contributed by atoms with Gasteiger partial charge in [0.25, 0.3) is 0 Å². The Bertz CT molecular complexity index is 1440. The highest BCUT2D eigenvalue weighted by Gasteiger charge is 2.42. The summed E-state index contributed by atoms with van der Waals surface area (Å²) in [7, 11) is -3.04. The molecule has 3 aliphatic rings. The third kappa shape index (κ3) is 5.48. The summed E-state index contributed by atoms with van der Waals surface area (Å²) in [5, 5.41) is 3.17. The zero-order valence-corrected chi connectivity index (χ0v) is 23.2. The van der Waals surface area contributed by atoms with Gasteiger partial charge in [-0.15, -0.1) is 0 Å². The SMILES string of the molecule is Cc1nc2ccccc2n1C1C[C@H]2CC[C@@H](C1)N2CC[C@H](NC(=O)C1CCS(=O)(=O)CC1)c1cccc(F)c1. The molecule has 39 heavy (non-hydrogen) atoms. The van der Waals surface area contributed by atoms with Crippen molar-refractivity contribution in [2.75, 3.05) is 18.1 Å². The van der Waals surface area contributed by atoms with E-state index in [0.29, 0.717) is 37.4 Å². The van der Waals surface area contributed by atoms with Gasteiger partial charge in [0.05, 0.1) is 28.6 Å². The topological polar surface area (TPSA) is 84.3 Å². The van der Waals surface area contributed by atoms with E-state index in [1.807, 2.05) is 12.1 Å². The number of nitrogens with one attached hydrogen (secondary N) is 1. The second-order valence-electron chi connectivity index (χ2n) is 11.6. The number of fused-ring (bicyclic) bond motifs is 3. The van der Waals surface area contributed by atoms with E-state index < -0.39 is 9.84 Å². The number of aromatic nitrogens is 2. The molecular weight excluding hydrogens is 515 g/mol. The molecule has 2 bridgehead atoms. The van der Waals surface area contributed by atoms with Crippen molar-refractivity contribution in [3.8, 4) is 0 Å². The third-order valence-corrected chi connectivity index (χ3v) is 10.9. The van der Waals surface area contributed by atoms with Gasteiger partial charge in [0, 0.05) is 30.6 Å². The molecule has 0 spiro atoms. The number of rotatable bonds is 7. The van der Waals surface area contributed by atoms with Gasteiger partial charge in [-0.2, -0.15) is 0 Å². The molecule has 3 aliphatic heterocycles. The standard InChI is InChI=1S/C30H37FN4O3S/c1-20-32-28-7-2-3-8-29(28)35(20)26-18-24-9-10-25(19-26)34(24)14-11-27(22-5-4-6-23(31)17-22)33-30(36)21-12-15-39(37,38)16-13-21/h2-8,17,21,24-27H,9-16,18-19H2,1H3,(H,33,36)/t24-,25+,26?,27-/m0/s1. The number of nitrogens with zero attached hydrogens (tertiary/aromatic N) is 3. The largest absolute Gasteiger partial charge is 0.349 e. The van der Waals surface area contributed by atoms with Gasteiger partial charge in [-0.05, 0) is 81.7 Å². The molecule has 1 aromatic heterocycles. The zero-order chi connectivity index (χ0) is 27.1. The van der Waals surface area contributed by atoms with Gasteiger partial charge in [-0.25, -0.2) is 17.8 Å². The van der Waals surface area contributed by atoms with Gasteiger partial charge < -0.3 is 9.88 Å². The minimum Gasteiger partial charge on any atom is -0.349 e. The highest BCUT2D eigenvalue weighted by atomic mass is 32.2. The van der Waals surface area contributed by atoms with Crippen LogP contribution in [0.1, 0.15) is 68.4 Å². The summed E-state index contributed by atoms with van der Waals surface area (Å²) >= 11 is 0. The van der Waals surface area contributed by atoms with Crippen LogP contribution in [0.2, 0.25) is 0 Å². The maximum atomic E-state index is 14.2. The molecule has 0 aliphatic carbocycles. The number of hydrogen-bond donors (Lipinski definition) is 1. The quantitative estimate of drug-likeness (QED) is 0.459. The van der Waals surface area contributed by atoms with Crippen LogP contribution in [0.15, 0.2) is 48.5 Å². The van der Waals surface area contributed by atoms with E-state index in [-0.39, 0.29) is 35.2 Å². The lowest BCUT2D eigenvalue weighted by atomic mass is 9.94. The minimum absolute atomic E-state index is 0.0553. The summed E-state index contributed by atoms with van der Waals surface area (Å²) in [6, 6.07) is 15.9. The summed E-state index contributed by atoms with van der Waals surface area (Å²) in [6.07, 6.45) is 5.87. The molecule has 208 valence electrons. The van der Waals surface area contributed by atoms with Gasteiger partial charge in [0.2, 0.25) is 5.91 Å². The number of imidazole rings is 1. The van der Waals surface area contributed by atoms with Crippen molar-refractivity contribution in [1.82, 2.24) is 19.8 Å². The molecule has 0 saturated carbocycles. The number of sulfone groups is 1. The second-order valence-corrected chi connectivity index (χ2v) is 13.9. The highest BCUT2D eigenvalue weighted by molar-refractivity contribution is 7.91. The third-order valence-electron chi connectivity index (χ3n) is 9.17. The van der Waals surface area contributed by atoms with Crippen LogP contribution in [0.3, 0.4) is 0 Å². The molecule has 9 heteroatoms. The van der Waals surface area contributed by atoms with Crippen LogP contribution < -0.4 is 5.32 Å². The number of para-hydroxylation sites is 2. The van der Waals surface area contributed by atoms with E-state index >= 15 is 0 Å². The van der Waals surface area contributed by atoms with Crippen LogP contribution in [0.25, 0.3) is 11.0 Å². The first kappa shape index (κ1) is 26.4. The fourth-order valence-corrected chi connectivity index (χ4v) is 8.70. The van der Waals surface area contributed by atoms with Crippen molar-refractivity contribution in [1.29, 1.82) is 0 Å². The van der Waals surface area contributed by atoms with Gasteiger partial charge in [-0.1, -0.05) is 24.3 Å². The normalized spacial score (nSPS) is 26.1. The lowest BCUT2D eigenvalue weighted by Crippen LogP contribution is -2.45. The van der Waals surface area contributed by atoms with Crippen LogP contribution in [0.5, 0.6) is 0 Å². The average molecular weight is 553 g/mol. The molecule has 3 saturated heterocycles. The smallest absolute Gasteiger partial charge is 0.223 e. The Morgan fingerprint density at radius 1 is 1.03 bits per heavy atom. The number of aryl methyl sites for hydroxylation is 1. The van der Waals surface area contributed by atoms with Gasteiger partial charge in [-0.3, -0.25) is 9.69 Å². The maximum absolute atomic E-state index is 14.2. The monoisotopic (exact) mass is 552 g/mol. The predicted octanol–water partition coefficient (Wildman–Crippen LogP) is 4.72. The van der Waals surface area contributed by atoms with Crippen molar-refractivity contribution in [2.45, 2.75) is 76.0 Å². The molecule has 3 aromatic rings. The second kappa shape index (κ2) is 10.7. The molecule has 7 nitrogen and oxygen atoms in total. The van der Waals surface area contributed by atoms with Crippen molar-refractivity contribution in [3.63, 3.8) is 0 Å². The first-order chi connectivity index (χ1) is 18.8. The Morgan fingerprint density at radius 2 is 1.74 bits per heavy atom. The number of carbonyl (C=O) groups excluding carboxylic acids is 1. The Kier molecular flexibility index (Phi) is 7.22. The number of benzene rings is 2. The first-order valence-corrected chi connectivity index (χ1v) is 16.0. The summed E-state index contributed by atoms with van der Waals surface area (Å²) in [5.74, 6) is 0.421. The van der Waals surface area contributed by atoms with Crippen molar-refractivity contribution >= 4 is 26.8 Å². The molecule has 1 amide bonds. The number of halogens is 1. The molecule has 6 rings (SSSR count).